The molecule has 0 saturated heterocycles. The maximum absolute atomic E-state index is 9.14. The Morgan fingerprint density at radius 1 is 1.90 bits per heavy atom. The van der Waals surface area contributed by atoms with Crippen LogP contribution < -0.4 is 5.73 Å². The van der Waals surface area contributed by atoms with Crippen LogP contribution in [0.25, 0.3) is 0 Å². The third-order valence-corrected chi connectivity index (χ3v) is 1.29. The highest BCUT2D eigenvalue weighted by Gasteiger charge is 2.06. The van der Waals surface area contributed by atoms with Crippen LogP contribution in [0.2, 0.25) is 0 Å². The Morgan fingerprint density at radius 3 is 3.00 bits per heavy atom. The Balaban J connectivity index is 2.74. The van der Waals surface area contributed by atoms with Crippen LogP contribution in [0.5, 0.6) is 0 Å². The third-order valence-electron chi connectivity index (χ3n) is 1.29. The minimum Gasteiger partial charge on any atom is -0.385 e. The van der Waals surface area contributed by atoms with E-state index in [0.29, 0.717) is 5.69 Å². The summed E-state index contributed by atoms with van der Waals surface area (Å²) in [5.41, 5.74) is 5.84. The Labute approximate surface area is 59.3 Å². The number of rotatable bonds is 2. The quantitative estimate of drug-likeness (QED) is 0.578. The first-order valence-corrected chi connectivity index (χ1v) is 3.10. The van der Waals surface area contributed by atoms with Crippen molar-refractivity contribution in [2.24, 2.45) is 12.8 Å². The van der Waals surface area contributed by atoms with E-state index in [-0.39, 0.29) is 6.54 Å². The van der Waals surface area contributed by atoms with Crippen LogP contribution in [0.15, 0.2) is 12.5 Å². The maximum atomic E-state index is 9.14. The fourth-order valence-electron chi connectivity index (χ4n) is 0.726. The molecule has 56 valence electrons. The van der Waals surface area contributed by atoms with Crippen LogP contribution >= 0.6 is 0 Å². The van der Waals surface area contributed by atoms with Crippen LogP contribution in [0.4, 0.5) is 0 Å². The highest BCUT2D eigenvalue weighted by molar-refractivity contribution is 5.00. The first-order chi connectivity index (χ1) is 4.74. The molecule has 0 bridgehead atoms. The molecule has 0 aliphatic rings. The van der Waals surface area contributed by atoms with Gasteiger partial charge in [0.2, 0.25) is 0 Å². The van der Waals surface area contributed by atoms with Crippen molar-refractivity contribution in [2.45, 2.75) is 6.10 Å². The average Bonchev–Trinajstić information content (AvgIpc) is 2.34. The molecule has 1 atom stereocenters. The highest BCUT2D eigenvalue weighted by Crippen LogP contribution is 2.05. The molecule has 0 amide bonds. The van der Waals surface area contributed by atoms with Gasteiger partial charge in [0.25, 0.3) is 0 Å². The summed E-state index contributed by atoms with van der Waals surface area (Å²) in [7, 11) is 1.85. The van der Waals surface area contributed by atoms with Gasteiger partial charge in [0.1, 0.15) is 6.10 Å². The molecule has 1 heterocycles. The van der Waals surface area contributed by atoms with Crippen molar-refractivity contribution < 1.29 is 5.11 Å². The molecular weight excluding hydrogens is 130 g/mol. The standard InChI is InChI=1S/C6H11N3O/c1-9-3-5(8-4-9)6(10)2-7/h3-4,6,10H,2,7H2,1H3. The van der Waals surface area contributed by atoms with Gasteiger partial charge in [-0.2, -0.15) is 0 Å². The van der Waals surface area contributed by atoms with E-state index in [1.807, 2.05) is 7.05 Å². The summed E-state index contributed by atoms with van der Waals surface area (Å²) in [6, 6.07) is 0. The Kier molecular flexibility index (Phi) is 2.03. The van der Waals surface area contributed by atoms with E-state index in [9.17, 15) is 0 Å². The van der Waals surface area contributed by atoms with Gasteiger partial charge in [-0.05, 0) is 0 Å². The van der Waals surface area contributed by atoms with Gasteiger partial charge in [-0.3, -0.25) is 0 Å². The Bertz CT molecular complexity index is 209. The lowest BCUT2D eigenvalue weighted by Crippen LogP contribution is -2.11. The first kappa shape index (κ1) is 7.24. The monoisotopic (exact) mass is 141 g/mol. The second-order valence-electron chi connectivity index (χ2n) is 2.22. The second kappa shape index (κ2) is 2.81. The lowest BCUT2D eigenvalue weighted by Gasteiger charge is -2.00. The topological polar surface area (TPSA) is 64.1 Å². The van der Waals surface area contributed by atoms with E-state index in [0.717, 1.165) is 0 Å². The SMILES string of the molecule is Cn1cnc(C(O)CN)c1. The summed E-state index contributed by atoms with van der Waals surface area (Å²) in [6.07, 6.45) is 2.76. The minimum atomic E-state index is -0.624. The molecule has 0 saturated carbocycles. The smallest absolute Gasteiger partial charge is 0.110 e. The van der Waals surface area contributed by atoms with Crippen LogP contribution in [-0.2, 0) is 7.05 Å². The summed E-state index contributed by atoms with van der Waals surface area (Å²) in [6.45, 7) is 0.219. The Hall–Kier alpha value is -0.870. The van der Waals surface area contributed by atoms with E-state index in [2.05, 4.69) is 4.98 Å². The largest absolute Gasteiger partial charge is 0.385 e. The van der Waals surface area contributed by atoms with Crippen molar-refractivity contribution in [3.63, 3.8) is 0 Å². The molecule has 0 aromatic carbocycles. The minimum absolute atomic E-state index is 0.219. The molecular formula is C6H11N3O. The zero-order chi connectivity index (χ0) is 7.56. The Morgan fingerprint density at radius 2 is 2.60 bits per heavy atom. The molecule has 3 N–H and O–H groups in total. The molecule has 0 spiro atoms. The van der Waals surface area contributed by atoms with Crippen molar-refractivity contribution in [3.8, 4) is 0 Å². The number of aromatic nitrogens is 2. The third kappa shape index (κ3) is 1.34. The van der Waals surface area contributed by atoms with Crippen LogP contribution in [0.1, 0.15) is 11.8 Å². The van der Waals surface area contributed by atoms with Gasteiger partial charge in [0.05, 0.1) is 12.0 Å². The maximum Gasteiger partial charge on any atom is 0.110 e. The summed E-state index contributed by atoms with van der Waals surface area (Å²) in [5.74, 6) is 0. The zero-order valence-corrected chi connectivity index (χ0v) is 5.86. The number of hydrogen-bond donors (Lipinski definition) is 2. The van der Waals surface area contributed by atoms with Crippen molar-refractivity contribution in [1.29, 1.82) is 0 Å². The fraction of sp³-hybridized carbons (Fsp3) is 0.500. The summed E-state index contributed by atoms with van der Waals surface area (Å²) in [5, 5.41) is 9.14. The summed E-state index contributed by atoms with van der Waals surface area (Å²) >= 11 is 0. The van der Waals surface area contributed by atoms with Crippen LogP contribution in [-0.4, -0.2) is 21.2 Å². The van der Waals surface area contributed by atoms with Gasteiger partial charge in [-0.25, -0.2) is 4.98 Å². The fourth-order valence-corrected chi connectivity index (χ4v) is 0.726. The van der Waals surface area contributed by atoms with Gasteiger partial charge in [0.15, 0.2) is 0 Å². The number of nitrogens with two attached hydrogens (primary N) is 1. The van der Waals surface area contributed by atoms with E-state index < -0.39 is 6.10 Å². The molecule has 1 aromatic rings. The van der Waals surface area contributed by atoms with Crippen molar-refractivity contribution in [1.82, 2.24) is 9.55 Å². The first-order valence-electron chi connectivity index (χ1n) is 3.10. The molecule has 0 aliphatic carbocycles. The van der Waals surface area contributed by atoms with Gasteiger partial charge in [-0.1, -0.05) is 0 Å². The lowest BCUT2D eigenvalue weighted by molar-refractivity contribution is 0.182. The molecule has 0 aliphatic heterocycles. The number of aryl methyl sites for hydroxylation is 1. The molecule has 4 heteroatoms. The molecule has 0 radical (unpaired) electrons. The van der Waals surface area contributed by atoms with Gasteiger partial charge in [0, 0.05) is 19.8 Å². The van der Waals surface area contributed by atoms with Crippen molar-refractivity contribution in [2.75, 3.05) is 6.54 Å². The normalized spacial score (nSPS) is 13.5. The number of imidazole rings is 1. The molecule has 1 unspecified atom stereocenters. The lowest BCUT2D eigenvalue weighted by atomic mass is 10.3. The average molecular weight is 141 g/mol. The van der Waals surface area contributed by atoms with Crippen molar-refractivity contribution >= 4 is 0 Å². The second-order valence-corrected chi connectivity index (χ2v) is 2.22. The van der Waals surface area contributed by atoms with E-state index >= 15 is 0 Å². The van der Waals surface area contributed by atoms with E-state index in [4.69, 9.17) is 10.8 Å². The number of hydrogen-bond acceptors (Lipinski definition) is 3. The van der Waals surface area contributed by atoms with E-state index in [1.165, 1.54) is 0 Å². The molecule has 1 aromatic heterocycles. The van der Waals surface area contributed by atoms with Crippen LogP contribution in [0.3, 0.4) is 0 Å². The van der Waals surface area contributed by atoms with E-state index in [1.54, 1.807) is 17.1 Å². The molecule has 0 fully saturated rings. The summed E-state index contributed by atoms with van der Waals surface area (Å²) < 4.78 is 1.77. The van der Waals surface area contributed by atoms with Crippen molar-refractivity contribution in [3.05, 3.63) is 18.2 Å². The molecule has 1 rings (SSSR count). The van der Waals surface area contributed by atoms with Gasteiger partial charge in [-0.15, -0.1) is 0 Å². The summed E-state index contributed by atoms with van der Waals surface area (Å²) in [4.78, 5) is 3.92. The van der Waals surface area contributed by atoms with Gasteiger partial charge >= 0.3 is 0 Å². The number of nitrogens with zero attached hydrogens (tertiary/aromatic N) is 2. The molecule has 4 nitrogen and oxygen atoms in total. The highest BCUT2D eigenvalue weighted by atomic mass is 16.3. The molecule has 10 heavy (non-hydrogen) atoms. The zero-order valence-electron chi connectivity index (χ0n) is 5.86. The van der Waals surface area contributed by atoms with Gasteiger partial charge < -0.3 is 15.4 Å². The predicted octanol–water partition coefficient (Wildman–Crippen LogP) is -0.588. The van der Waals surface area contributed by atoms with Crippen LogP contribution in [0, 0.1) is 0 Å². The number of aliphatic hydroxyl groups excluding tert-OH is 1. The predicted molar refractivity (Wildman–Crippen MR) is 37.2 cm³/mol. The number of aliphatic hydroxyl groups is 1.